The maximum Gasteiger partial charge on any atom is 0.338 e. The van der Waals surface area contributed by atoms with E-state index in [2.05, 4.69) is 24.1 Å². The van der Waals surface area contributed by atoms with E-state index in [1.165, 1.54) is 14.8 Å². The fourth-order valence-electron chi connectivity index (χ4n) is 5.14. The minimum atomic E-state index is -3.62. The number of nitrogens with zero attached hydrogens (tertiary/aromatic N) is 3. The van der Waals surface area contributed by atoms with Crippen LogP contribution in [-0.4, -0.2) is 80.9 Å². The van der Waals surface area contributed by atoms with Gasteiger partial charge in [-0.1, -0.05) is 55.8 Å². The molecule has 2 aromatic rings. The van der Waals surface area contributed by atoms with Crippen LogP contribution in [0.1, 0.15) is 55.8 Å². The first kappa shape index (κ1) is 29.8. The number of likely N-dealkylation sites (N-methyl/N-ethyl adjacent to an activating group) is 1. The quantitative estimate of drug-likeness (QED) is 0.483. The third-order valence-corrected chi connectivity index (χ3v) is 9.50. The maximum atomic E-state index is 13.3. The molecular formula is C30H40N4O5S. The molecule has 4 rings (SSSR count). The predicted molar refractivity (Wildman–Crippen MR) is 154 cm³/mol. The lowest BCUT2D eigenvalue weighted by atomic mass is 9.92. The normalized spacial score (nSPS) is 19.5. The number of carbonyl (C=O) groups excluding carboxylic acids is 2. The number of amides is 2. The number of hydrogen-bond donors (Lipinski definition) is 1. The summed E-state index contributed by atoms with van der Waals surface area (Å²) in [5, 5.41) is 2.97. The molecule has 1 fully saturated rings. The van der Waals surface area contributed by atoms with Gasteiger partial charge >= 0.3 is 12.0 Å². The predicted octanol–water partition coefficient (Wildman–Crippen LogP) is 4.03. The Kier molecular flexibility index (Phi) is 9.33. The van der Waals surface area contributed by atoms with E-state index >= 15 is 0 Å². The number of esters is 1. The minimum Gasteiger partial charge on any atom is -0.463 e. The molecule has 10 heteroatoms. The zero-order valence-corrected chi connectivity index (χ0v) is 24.8. The molecule has 2 heterocycles. The lowest BCUT2D eigenvalue weighted by Gasteiger charge is -2.36. The van der Waals surface area contributed by atoms with Gasteiger partial charge in [0.2, 0.25) is 10.0 Å². The van der Waals surface area contributed by atoms with E-state index in [9.17, 15) is 18.0 Å². The molecule has 0 aromatic heterocycles. The van der Waals surface area contributed by atoms with Gasteiger partial charge in [-0.05, 0) is 56.0 Å². The molecule has 2 aliphatic rings. The van der Waals surface area contributed by atoms with E-state index in [4.69, 9.17) is 4.74 Å². The van der Waals surface area contributed by atoms with Crippen LogP contribution in [0.3, 0.4) is 0 Å². The van der Waals surface area contributed by atoms with Crippen LogP contribution in [0.15, 0.2) is 64.7 Å². The number of hydrogen-bond acceptors (Lipinski definition) is 6. The second kappa shape index (κ2) is 12.5. The highest BCUT2D eigenvalue weighted by molar-refractivity contribution is 7.89. The summed E-state index contributed by atoms with van der Waals surface area (Å²) in [6.45, 7) is 10.2. The highest BCUT2D eigenvalue weighted by Crippen LogP contribution is 2.32. The van der Waals surface area contributed by atoms with Gasteiger partial charge < -0.3 is 10.1 Å². The molecule has 40 heavy (non-hydrogen) atoms. The molecule has 0 radical (unpaired) electrons. The molecule has 9 nitrogen and oxygen atoms in total. The van der Waals surface area contributed by atoms with Crippen LogP contribution in [0.5, 0.6) is 0 Å². The van der Waals surface area contributed by atoms with Gasteiger partial charge in [0, 0.05) is 38.9 Å². The summed E-state index contributed by atoms with van der Waals surface area (Å²) in [6.07, 6.45) is 0.628. The van der Waals surface area contributed by atoms with Crippen molar-refractivity contribution in [3.05, 3.63) is 76.5 Å². The molecule has 1 N–H and O–H groups in total. The Balaban J connectivity index is 1.61. The summed E-state index contributed by atoms with van der Waals surface area (Å²) in [6, 6.07) is 13.9. The van der Waals surface area contributed by atoms with E-state index in [1.54, 1.807) is 38.2 Å². The molecule has 2 aromatic carbocycles. The standard InChI is InChI=1S/C30H40N4O5S/c1-6-39-29(35)27-26(32(5)30(36)31-28(27)24-12-10-23(11-13-24)21(2)3)20-33-16-7-17-34(19-18-33)40(37,38)25-14-8-22(4)9-15-25/h8-15,21,28H,6-7,16-20H2,1-5H3,(H,31,36)/t28-/m1/s1. The first-order chi connectivity index (χ1) is 19.0. The molecule has 0 unspecified atom stereocenters. The summed E-state index contributed by atoms with van der Waals surface area (Å²) >= 11 is 0. The van der Waals surface area contributed by atoms with Crippen LogP contribution in [-0.2, 0) is 19.6 Å². The number of carbonyl (C=O) groups is 2. The molecule has 1 atom stereocenters. The SMILES string of the molecule is CCOC(=O)C1=C(CN2CCCN(S(=O)(=O)c3ccc(C)cc3)CC2)N(C)C(=O)N[C@@H]1c1ccc(C(C)C)cc1. The summed E-state index contributed by atoms with van der Waals surface area (Å²) in [5.41, 5.74) is 3.93. The molecule has 0 bridgehead atoms. The number of benzene rings is 2. The highest BCUT2D eigenvalue weighted by atomic mass is 32.2. The van der Waals surface area contributed by atoms with Crippen LogP contribution in [0.2, 0.25) is 0 Å². The lowest BCUT2D eigenvalue weighted by Crippen LogP contribution is -2.49. The number of sulfonamides is 1. The van der Waals surface area contributed by atoms with Crippen molar-refractivity contribution in [1.29, 1.82) is 0 Å². The average molecular weight is 569 g/mol. The number of nitrogens with one attached hydrogen (secondary N) is 1. The van der Waals surface area contributed by atoms with Crippen molar-refractivity contribution in [2.45, 2.75) is 51.0 Å². The smallest absolute Gasteiger partial charge is 0.338 e. The van der Waals surface area contributed by atoms with E-state index in [0.29, 0.717) is 56.3 Å². The monoisotopic (exact) mass is 568 g/mol. The highest BCUT2D eigenvalue weighted by Gasteiger charge is 2.38. The molecule has 2 aliphatic heterocycles. The zero-order valence-electron chi connectivity index (χ0n) is 24.0. The van der Waals surface area contributed by atoms with Gasteiger partial charge in [0.15, 0.2) is 0 Å². The van der Waals surface area contributed by atoms with Crippen LogP contribution >= 0.6 is 0 Å². The van der Waals surface area contributed by atoms with Crippen LogP contribution in [0, 0.1) is 6.92 Å². The van der Waals surface area contributed by atoms with Crippen molar-refractivity contribution in [3.63, 3.8) is 0 Å². The molecule has 2 amide bonds. The van der Waals surface area contributed by atoms with Crippen molar-refractivity contribution in [2.75, 3.05) is 46.4 Å². The van der Waals surface area contributed by atoms with Crippen LogP contribution < -0.4 is 5.32 Å². The van der Waals surface area contributed by atoms with Crippen molar-refractivity contribution in [2.24, 2.45) is 0 Å². The largest absolute Gasteiger partial charge is 0.463 e. The van der Waals surface area contributed by atoms with Crippen LogP contribution in [0.4, 0.5) is 4.79 Å². The Hall–Kier alpha value is -3.21. The van der Waals surface area contributed by atoms with Gasteiger partial charge in [-0.2, -0.15) is 4.31 Å². The summed E-state index contributed by atoms with van der Waals surface area (Å²) in [4.78, 5) is 30.3. The van der Waals surface area contributed by atoms with E-state index in [1.807, 2.05) is 31.2 Å². The molecule has 1 saturated heterocycles. The first-order valence-corrected chi connectivity index (χ1v) is 15.3. The van der Waals surface area contributed by atoms with Crippen molar-refractivity contribution < 1.29 is 22.7 Å². The van der Waals surface area contributed by atoms with Crippen molar-refractivity contribution >= 4 is 22.0 Å². The summed E-state index contributed by atoms with van der Waals surface area (Å²) in [7, 11) is -1.97. The second-order valence-electron chi connectivity index (χ2n) is 10.7. The van der Waals surface area contributed by atoms with Gasteiger partial charge in [-0.25, -0.2) is 18.0 Å². The summed E-state index contributed by atoms with van der Waals surface area (Å²) in [5.74, 6) is -0.116. The summed E-state index contributed by atoms with van der Waals surface area (Å²) < 4.78 is 33.6. The molecular weight excluding hydrogens is 528 g/mol. The Morgan fingerprint density at radius 2 is 1.70 bits per heavy atom. The Morgan fingerprint density at radius 1 is 1.02 bits per heavy atom. The van der Waals surface area contributed by atoms with Gasteiger partial charge in [-0.15, -0.1) is 0 Å². The fourth-order valence-corrected chi connectivity index (χ4v) is 6.61. The Bertz CT molecular complexity index is 1350. The van der Waals surface area contributed by atoms with E-state index < -0.39 is 22.0 Å². The zero-order chi connectivity index (χ0) is 29.0. The molecule has 216 valence electrons. The van der Waals surface area contributed by atoms with Crippen LogP contribution in [0.25, 0.3) is 0 Å². The lowest BCUT2D eigenvalue weighted by molar-refractivity contribution is -0.139. The van der Waals surface area contributed by atoms with Crippen molar-refractivity contribution in [1.82, 2.24) is 19.4 Å². The van der Waals surface area contributed by atoms with E-state index in [0.717, 1.165) is 11.1 Å². The first-order valence-electron chi connectivity index (χ1n) is 13.9. The Morgan fingerprint density at radius 3 is 2.33 bits per heavy atom. The van der Waals surface area contributed by atoms with Gasteiger partial charge in [0.1, 0.15) is 0 Å². The topological polar surface area (TPSA) is 99.3 Å². The van der Waals surface area contributed by atoms with Gasteiger partial charge in [0.25, 0.3) is 0 Å². The molecule has 0 spiro atoms. The number of urea groups is 1. The maximum absolute atomic E-state index is 13.3. The van der Waals surface area contributed by atoms with Gasteiger partial charge in [-0.3, -0.25) is 9.80 Å². The molecule has 0 aliphatic carbocycles. The fraction of sp³-hybridized carbons (Fsp3) is 0.467. The van der Waals surface area contributed by atoms with Gasteiger partial charge in [0.05, 0.1) is 23.1 Å². The third kappa shape index (κ3) is 6.40. The molecule has 0 saturated carbocycles. The Labute approximate surface area is 237 Å². The average Bonchev–Trinajstić information content (AvgIpc) is 3.17. The third-order valence-electron chi connectivity index (χ3n) is 7.59. The number of ether oxygens (including phenoxy) is 1. The van der Waals surface area contributed by atoms with Crippen molar-refractivity contribution in [3.8, 4) is 0 Å². The minimum absolute atomic E-state index is 0.210. The number of rotatable bonds is 8. The van der Waals surface area contributed by atoms with E-state index in [-0.39, 0.29) is 17.5 Å². The number of aryl methyl sites for hydroxylation is 1. The second-order valence-corrected chi connectivity index (χ2v) is 12.6.